The standard InChI is InChI=1S/C19H18ClFN2O3S2/c20-14-4-6-17-16(12-14)23(9-10-27-17)19(24)13-3-5-15(21)18(11-13)28(25,26)22-7-1-2-8-22/h3-6,11-12H,1-2,7-10H2. The minimum Gasteiger partial charge on any atom is -0.306 e. The van der Waals surface area contributed by atoms with E-state index in [2.05, 4.69) is 0 Å². The van der Waals surface area contributed by atoms with Gasteiger partial charge in [-0.15, -0.1) is 11.8 Å². The third-order valence-electron chi connectivity index (χ3n) is 4.89. The lowest BCUT2D eigenvalue weighted by atomic mass is 10.1. The number of rotatable bonds is 3. The van der Waals surface area contributed by atoms with Crippen LogP contribution in [0.15, 0.2) is 46.2 Å². The molecule has 2 aliphatic rings. The number of fused-ring (bicyclic) bond motifs is 1. The summed E-state index contributed by atoms with van der Waals surface area (Å²) in [5, 5.41) is 0.510. The Hall–Kier alpha value is -1.61. The minimum absolute atomic E-state index is 0.136. The summed E-state index contributed by atoms with van der Waals surface area (Å²) in [6, 6.07) is 8.86. The molecule has 1 amide bonds. The second-order valence-corrected chi connectivity index (χ2v) is 10.2. The summed E-state index contributed by atoms with van der Waals surface area (Å²) in [6.45, 7) is 1.20. The lowest BCUT2D eigenvalue weighted by Crippen LogP contribution is -2.35. The maximum Gasteiger partial charge on any atom is 0.258 e. The van der Waals surface area contributed by atoms with E-state index >= 15 is 0 Å². The van der Waals surface area contributed by atoms with E-state index in [-0.39, 0.29) is 11.5 Å². The van der Waals surface area contributed by atoms with Crippen molar-refractivity contribution >= 4 is 45.0 Å². The van der Waals surface area contributed by atoms with E-state index < -0.39 is 20.7 Å². The highest BCUT2D eigenvalue weighted by Gasteiger charge is 2.31. The van der Waals surface area contributed by atoms with E-state index in [4.69, 9.17) is 11.6 Å². The van der Waals surface area contributed by atoms with Crippen LogP contribution in [0.25, 0.3) is 0 Å². The van der Waals surface area contributed by atoms with Crippen LogP contribution in [0.4, 0.5) is 10.1 Å². The molecule has 0 unspecified atom stereocenters. The van der Waals surface area contributed by atoms with E-state index in [0.717, 1.165) is 29.9 Å². The van der Waals surface area contributed by atoms with Gasteiger partial charge in [0.25, 0.3) is 5.91 Å². The fourth-order valence-corrected chi connectivity index (χ4v) is 6.21. The molecule has 2 aromatic carbocycles. The SMILES string of the molecule is O=C(c1ccc(F)c(S(=O)(=O)N2CCCC2)c1)N1CCSc2ccc(Cl)cc21. The first-order valence-corrected chi connectivity index (χ1v) is 11.7. The van der Waals surface area contributed by atoms with Crippen LogP contribution in [0.2, 0.25) is 5.02 Å². The van der Waals surface area contributed by atoms with Crippen molar-refractivity contribution in [1.82, 2.24) is 4.31 Å². The molecule has 0 bridgehead atoms. The highest BCUT2D eigenvalue weighted by Crippen LogP contribution is 2.37. The molecule has 1 fully saturated rings. The van der Waals surface area contributed by atoms with Gasteiger partial charge in [0, 0.05) is 40.9 Å². The first-order chi connectivity index (χ1) is 13.4. The maximum absolute atomic E-state index is 14.4. The Morgan fingerprint density at radius 1 is 1.07 bits per heavy atom. The molecule has 0 aromatic heterocycles. The number of anilines is 1. The molecule has 28 heavy (non-hydrogen) atoms. The Labute approximate surface area is 172 Å². The zero-order chi connectivity index (χ0) is 19.9. The van der Waals surface area contributed by atoms with Gasteiger partial charge in [-0.1, -0.05) is 11.6 Å². The molecular formula is C19H18ClFN2O3S2. The van der Waals surface area contributed by atoms with Crippen molar-refractivity contribution in [2.45, 2.75) is 22.6 Å². The molecule has 0 spiro atoms. The zero-order valence-electron chi connectivity index (χ0n) is 14.9. The molecule has 2 aromatic rings. The first-order valence-electron chi connectivity index (χ1n) is 8.92. The predicted octanol–water partition coefficient (Wildman–Crippen LogP) is 4.02. The average molecular weight is 441 g/mol. The van der Waals surface area contributed by atoms with Crippen molar-refractivity contribution in [2.75, 3.05) is 30.3 Å². The van der Waals surface area contributed by atoms with Gasteiger partial charge >= 0.3 is 0 Å². The van der Waals surface area contributed by atoms with E-state index in [1.807, 2.05) is 6.07 Å². The number of benzene rings is 2. The van der Waals surface area contributed by atoms with Crippen LogP contribution in [0.3, 0.4) is 0 Å². The van der Waals surface area contributed by atoms with E-state index in [0.29, 0.717) is 36.1 Å². The van der Waals surface area contributed by atoms with Crippen molar-refractivity contribution in [3.63, 3.8) is 0 Å². The molecule has 2 heterocycles. The van der Waals surface area contributed by atoms with Gasteiger partial charge in [0.15, 0.2) is 0 Å². The molecule has 1 saturated heterocycles. The number of amides is 1. The highest BCUT2D eigenvalue weighted by molar-refractivity contribution is 7.99. The van der Waals surface area contributed by atoms with E-state index in [1.54, 1.807) is 28.8 Å². The second-order valence-electron chi connectivity index (χ2n) is 6.67. The smallest absolute Gasteiger partial charge is 0.258 e. The first kappa shape index (κ1) is 19.7. The average Bonchev–Trinajstić information content (AvgIpc) is 3.23. The number of hydrogen-bond acceptors (Lipinski definition) is 4. The summed E-state index contributed by atoms with van der Waals surface area (Å²) in [4.78, 5) is 15.2. The van der Waals surface area contributed by atoms with E-state index in [1.165, 1.54) is 10.4 Å². The number of carbonyl (C=O) groups is 1. The van der Waals surface area contributed by atoms with Crippen molar-refractivity contribution in [3.8, 4) is 0 Å². The van der Waals surface area contributed by atoms with Crippen LogP contribution in [-0.2, 0) is 10.0 Å². The second kappa shape index (κ2) is 7.67. The summed E-state index contributed by atoms with van der Waals surface area (Å²) in [7, 11) is -3.96. The summed E-state index contributed by atoms with van der Waals surface area (Å²) in [6.07, 6.45) is 1.50. The Balaban J connectivity index is 1.71. The lowest BCUT2D eigenvalue weighted by molar-refractivity contribution is 0.0987. The predicted molar refractivity (Wildman–Crippen MR) is 108 cm³/mol. The van der Waals surface area contributed by atoms with Crippen LogP contribution in [0.1, 0.15) is 23.2 Å². The molecule has 0 saturated carbocycles. The zero-order valence-corrected chi connectivity index (χ0v) is 17.3. The number of thioether (sulfide) groups is 1. The Morgan fingerprint density at radius 3 is 2.57 bits per heavy atom. The Morgan fingerprint density at radius 2 is 1.82 bits per heavy atom. The van der Waals surface area contributed by atoms with Crippen LogP contribution in [-0.4, -0.2) is 44.0 Å². The maximum atomic E-state index is 14.4. The highest BCUT2D eigenvalue weighted by atomic mass is 35.5. The molecule has 9 heteroatoms. The molecule has 0 N–H and O–H groups in total. The molecule has 5 nitrogen and oxygen atoms in total. The van der Waals surface area contributed by atoms with Gasteiger partial charge in [-0.25, -0.2) is 12.8 Å². The summed E-state index contributed by atoms with van der Waals surface area (Å²) in [5.74, 6) is -0.511. The van der Waals surface area contributed by atoms with Crippen LogP contribution in [0, 0.1) is 5.82 Å². The number of halogens is 2. The monoisotopic (exact) mass is 440 g/mol. The Kier molecular flexibility index (Phi) is 5.39. The van der Waals surface area contributed by atoms with Crippen molar-refractivity contribution < 1.29 is 17.6 Å². The summed E-state index contributed by atoms with van der Waals surface area (Å²) < 4.78 is 41.2. The summed E-state index contributed by atoms with van der Waals surface area (Å²) >= 11 is 7.71. The molecule has 0 radical (unpaired) electrons. The fraction of sp³-hybridized carbons (Fsp3) is 0.316. The van der Waals surface area contributed by atoms with E-state index in [9.17, 15) is 17.6 Å². The number of hydrogen-bond donors (Lipinski definition) is 0. The molecule has 0 atom stereocenters. The molecule has 148 valence electrons. The third kappa shape index (κ3) is 3.54. The molecule has 0 aliphatic carbocycles. The summed E-state index contributed by atoms with van der Waals surface area (Å²) in [5.41, 5.74) is 0.819. The van der Waals surface area contributed by atoms with Crippen molar-refractivity contribution in [1.29, 1.82) is 0 Å². The van der Waals surface area contributed by atoms with Gasteiger partial charge in [0.1, 0.15) is 10.7 Å². The number of nitrogens with zero attached hydrogens (tertiary/aromatic N) is 2. The quantitative estimate of drug-likeness (QED) is 0.723. The molecule has 2 aliphatic heterocycles. The number of carbonyl (C=O) groups excluding carboxylic acids is 1. The fourth-order valence-electron chi connectivity index (χ4n) is 3.46. The van der Waals surface area contributed by atoms with Crippen molar-refractivity contribution in [2.24, 2.45) is 0 Å². The van der Waals surface area contributed by atoms with Crippen molar-refractivity contribution in [3.05, 3.63) is 52.8 Å². The van der Waals surface area contributed by atoms with Gasteiger partial charge in [-0.3, -0.25) is 4.79 Å². The van der Waals surface area contributed by atoms with Gasteiger partial charge in [-0.05, 0) is 49.2 Å². The van der Waals surface area contributed by atoms with Gasteiger partial charge < -0.3 is 4.90 Å². The molecule has 4 rings (SSSR count). The third-order valence-corrected chi connectivity index (χ3v) is 8.08. The largest absolute Gasteiger partial charge is 0.306 e. The Bertz CT molecular complexity index is 1040. The van der Waals surface area contributed by atoms with Crippen LogP contribution >= 0.6 is 23.4 Å². The van der Waals surface area contributed by atoms with Gasteiger partial charge in [0.2, 0.25) is 10.0 Å². The molecular weight excluding hydrogens is 423 g/mol. The van der Waals surface area contributed by atoms with Crippen LogP contribution < -0.4 is 4.90 Å². The van der Waals surface area contributed by atoms with Gasteiger partial charge in [-0.2, -0.15) is 4.31 Å². The normalized spacial score (nSPS) is 17.6. The topological polar surface area (TPSA) is 57.7 Å². The van der Waals surface area contributed by atoms with Gasteiger partial charge in [0.05, 0.1) is 5.69 Å². The number of sulfonamides is 1. The minimum atomic E-state index is -3.96. The van der Waals surface area contributed by atoms with Crippen LogP contribution in [0.5, 0.6) is 0 Å². The lowest BCUT2D eigenvalue weighted by Gasteiger charge is -2.29.